The van der Waals surface area contributed by atoms with Gasteiger partial charge in [0.1, 0.15) is 23.9 Å². The Labute approximate surface area is 199 Å². The predicted octanol–water partition coefficient (Wildman–Crippen LogP) is 0.804. The van der Waals surface area contributed by atoms with E-state index in [0.29, 0.717) is 12.7 Å². The lowest BCUT2D eigenvalue weighted by Crippen LogP contribution is -2.62. The molecule has 0 aromatic heterocycles. The van der Waals surface area contributed by atoms with E-state index in [1.165, 1.54) is 21.1 Å². The standard InChI is InChI=1S/C24H36O10/c1-11(18(28)31-7)13-8-9-22-16(27)14(32-12(2)26)15(21(3,4)5)24(22)17(30-6)19(29)33-20(24)34-23(13,22)10-25/h10-11,13-17,19-20,27,29H,8-9H2,1-7H3/t11?,13-,14-,15+,16?,17+,19?,20?,22?,23?,24?/m1/s1. The third kappa shape index (κ3) is 2.72. The molecule has 2 N–H and O–H groups in total. The monoisotopic (exact) mass is 484 g/mol. The van der Waals surface area contributed by atoms with Gasteiger partial charge in [-0.3, -0.25) is 9.59 Å². The van der Waals surface area contributed by atoms with Gasteiger partial charge in [0.25, 0.3) is 0 Å². The van der Waals surface area contributed by atoms with Crippen LogP contribution in [0.1, 0.15) is 47.5 Å². The van der Waals surface area contributed by atoms with E-state index in [1.807, 2.05) is 20.8 Å². The fourth-order valence-electron chi connectivity index (χ4n) is 8.33. The topological polar surface area (TPSA) is 138 Å². The Morgan fingerprint density at radius 3 is 2.35 bits per heavy atom. The van der Waals surface area contributed by atoms with Crippen molar-refractivity contribution in [1.29, 1.82) is 0 Å². The van der Waals surface area contributed by atoms with Crippen LogP contribution in [0.4, 0.5) is 0 Å². The Kier molecular flexibility index (Phi) is 5.97. The molecule has 0 amide bonds. The van der Waals surface area contributed by atoms with E-state index < -0.39 is 82.4 Å². The lowest BCUT2D eigenvalue weighted by atomic mass is 9.51. The van der Waals surface area contributed by atoms with E-state index in [-0.39, 0.29) is 6.42 Å². The van der Waals surface area contributed by atoms with Crippen LogP contribution in [0.25, 0.3) is 0 Å². The van der Waals surface area contributed by atoms with Crippen LogP contribution in [0.5, 0.6) is 0 Å². The number of ether oxygens (including phenoxy) is 5. The van der Waals surface area contributed by atoms with Gasteiger partial charge in [-0.1, -0.05) is 27.7 Å². The van der Waals surface area contributed by atoms with E-state index >= 15 is 0 Å². The SMILES string of the molecule is COC(=O)C(C)[C@H]1CCC23C(O)[C@H](OC(C)=O)[C@@H](C(C)(C)C)C24C(OC(O)[C@@H]4OC)OC13C=O. The van der Waals surface area contributed by atoms with Gasteiger partial charge in [0.2, 0.25) is 0 Å². The highest BCUT2D eigenvalue weighted by atomic mass is 16.8. The molecule has 2 saturated carbocycles. The van der Waals surface area contributed by atoms with Crippen LogP contribution in [-0.2, 0) is 38.1 Å². The summed E-state index contributed by atoms with van der Waals surface area (Å²) in [5.41, 5.74) is -4.85. The average molecular weight is 485 g/mol. The highest BCUT2D eigenvalue weighted by Crippen LogP contribution is 2.81. The molecule has 34 heavy (non-hydrogen) atoms. The Morgan fingerprint density at radius 2 is 1.85 bits per heavy atom. The van der Waals surface area contributed by atoms with Crippen molar-refractivity contribution in [3.63, 3.8) is 0 Å². The summed E-state index contributed by atoms with van der Waals surface area (Å²) in [6.45, 7) is 8.75. The second-order valence-electron chi connectivity index (χ2n) is 11.3. The van der Waals surface area contributed by atoms with Crippen molar-refractivity contribution in [1.82, 2.24) is 0 Å². The summed E-state index contributed by atoms with van der Waals surface area (Å²) < 4.78 is 28.8. The van der Waals surface area contributed by atoms with Crippen LogP contribution >= 0.6 is 0 Å². The lowest BCUT2D eigenvalue weighted by Gasteiger charge is -2.50. The van der Waals surface area contributed by atoms with Crippen LogP contribution in [-0.4, -0.2) is 79.2 Å². The molecule has 0 aromatic rings. The van der Waals surface area contributed by atoms with E-state index in [1.54, 1.807) is 6.92 Å². The maximum absolute atomic E-state index is 13.1. The molecular weight excluding hydrogens is 448 g/mol. The van der Waals surface area contributed by atoms with Crippen molar-refractivity contribution < 1.29 is 48.3 Å². The molecule has 10 heteroatoms. The van der Waals surface area contributed by atoms with Gasteiger partial charge in [-0.25, -0.2) is 0 Å². The zero-order valence-corrected chi connectivity index (χ0v) is 20.8. The summed E-state index contributed by atoms with van der Waals surface area (Å²) in [6.07, 6.45) is -4.55. The number of carbonyl (C=O) groups is 3. The number of aliphatic hydroxyl groups excluding tert-OH is 2. The lowest BCUT2D eigenvalue weighted by molar-refractivity contribution is -0.243. The zero-order valence-electron chi connectivity index (χ0n) is 20.8. The molecule has 4 aliphatic rings. The number of methoxy groups -OCH3 is 2. The average Bonchev–Trinajstić information content (AvgIpc) is 3.36. The van der Waals surface area contributed by atoms with Crippen LogP contribution in [0.15, 0.2) is 0 Å². The molecule has 2 saturated heterocycles. The van der Waals surface area contributed by atoms with E-state index in [4.69, 9.17) is 23.7 Å². The van der Waals surface area contributed by atoms with Gasteiger partial charge < -0.3 is 38.7 Å². The number of hydrogen-bond donors (Lipinski definition) is 2. The summed E-state index contributed by atoms with van der Waals surface area (Å²) in [5, 5.41) is 22.9. The van der Waals surface area contributed by atoms with Crippen molar-refractivity contribution in [2.24, 2.45) is 34.0 Å². The Morgan fingerprint density at radius 1 is 1.21 bits per heavy atom. The molecular formula is C24H36O10. The van der Waals surface area contributed by atoms with Gasteiger partial charge in [-0.15, -0.1) is 0 Å². The minimum absolute atomic E-state index is 0.274. The predicted molar refractivity (Wildman–Crippen MR) is 115 cm³/mol. The van der Waals surface area contributed by atoms with Gasteiger partial charge in [-0.05, 0) is 18.3 Å². The molecule has 192 valence electrons. The van der Waals surface area contributed by atoms with Crippen molar-refractivity contribution >= 4 is 18.2 Å². The zero-order chi connectivity index (χ0) is 25.4. The highest BCUT2D eigenvalue weighted by Gasteiger charge is 2.92. The molecule has 4 fully saturated rings. The summed E-state index contributed by atoms with van der Waals surface area (Å²) in [5.74, 6) is -3.04. The molecule has 11 atom stereocenters. The number of carbonyl (C=O) groups excluding carboxylic acids is 3. The highest BCUT2D eigenvalue weighted by molar-refractivity contribution is 5.76. The van der Waals surface area contributed by atoms with Gasteiger partial charge >= 0.3 is 11.9 Å². The van der Waals surface area contributed by atoms with Crippen LogP contribution in [0.2, 0.25) is 0 Å². The first-order valence-electron chi connectivity index (χ1n) is 11.7. The third-order valence-electron chi connectivity index (χ3n) is 9.06. The summed E-state index contributed by atoms with van der Waals surface area (Å²) in [7, 11) is 2.71. The molecule has 0 aromatic carbocycles. The van der Waals surface area contributed by atoms with Crippen molar-refractivity contribution in [3.8, 4) is 0 Å². The smallest absolute Gasteiger partial charge is 0.308 e. The van der Waals surface area contributed by atoms with Crippen molar-refractivity contribution in [2.45, 2.75) is 84.0 Å². The summed E-state index contributed by atoms with van der Waals surface area (Å²) in [4.78, 5) is 37.8. The van der Waals surface area contributed by atoms with Gasteiger partial charge in [0.05, 0.1) is 18.4 Å². The number of esters is 2. The number of rotatable bonds is 5. The Hall–Kier alpha value is -1.59. The summed E-state index contributed by atoms with van der Waals surface area (Å²) in [6, 6.07) is 0. The minimum Gasteiger partial charge on any atom is -0.469 e. The van der Waals surface area contributed by atoms with E-state index in [2.05, 4.69) is 0 Å². The second-order valence-corrected chi connectivity index (χ2v) is 11.3. The van der Waals surface area contributed by atoms with Crippen molar-refractivity contribution in [2.75, 3.05) is 14.2 Å². The number of hydrogen-bond acceptors (Lipinski definition) is 10. The quantitative estimate of drug-likeness (QED) is 0.426. The third-order valence-corrected chi connectivity index (χ3v) is 9.06. The molecule has 10 nitrogen and oxygen atoms in total. The van der Waals surface area contributed by atoms with Gasteiger partial charge in [0.15, 0.2) is 18.9 Å². The molecule has 2 heterocycles. The molecule has 4 rings (SSSR count). The molecule has 7 unspecified atom stereocenters. The molecule has 2 spiro atoms. The van der Waals surface area contributed by atoms with Crippen LogP contribution in [0.3, 0.4) is 0 Å². The Balaban J connectivity index is 2.03. The maximum atomic E-state index is 13.1. The normalized spacial score (nSPS) is 48.1. The first-order valence-corrected chi connectivity index (χ1v) is 11.7. The van der Waals surface area contributed by atoms with Gasteiger partial charge in [0, 0.05) is 31.3 Å². The summed E-state index contributed by atoms with van der Waals surface area (Å²) >= 11 is 0. The number of aldehydes is 1. The fraction of sp³-hybridized carbons (Fsp3) is 0.875. The first-order chi connectivity index (χ1) is 15.8. The molecule has 2 aliphatic carbocycles. The second kappa shape index (κ2) is 7.96. The molecule has 0 radical (unpaired) electrons. The largest absolute Gasteiger partial charge is 0.469 e. The minimum atomic E-state index is -1.65. The fourth-order valence-corrected chi connectivity index (χ4v) is 8.33. The molecule has 2 aliphatic heterocycles. The molecule has 0 bridgehead atoms. The maximum Gasteiger partial charge on any atom is 0.308 e. The van der Waals surface area contributed by atoms with E-state index in [0.717, 1.165) is 0 Å². The Bertz CT molecular complexity index is 868. The van der Waals surface area contributed by atoms with Gasteiger partial charge in [-0.2, -0.15) is 0 Å². The van der Waals surface area contributed by atoms with E-state index in [9.17, 15) is 24.6 Å². The first kappa shape index (κ1) is 25.5. The van der Waals surface area contributed by atoms with Crippen molar-refractivity contribution in [3.05, 3.63) is 0 Å². The van der Waals surface area contributed by atoms with Crippen LogP contribution in [0, 0.1) is 34.0 Å². The van der Waals surface area contributed by atoms with Crippen LogP contribution < -0.4 is 0 Å². The number of aliphatic hydroxyl groups is 2.